The van der Waals surface area contributed by atoms with E-state index in [0.29, 0.717) is 6.54 Å². The van der Waals surface area contributed by atoms with Gasteiger partial charge in [-0.05, 0) is 23.0 Å². The van der Waals surface area contributed by atoms with Gasteiger partial charge < -0.3 is 4.90 Å². The van der Waals surface area contributed by atoms with Crippen LogP contribution in [0, 0.1) is 5.41 Å². The molecule has 2 heterocycles. The highest BCUT2D eigenvalue weighted by Gasteiger charge is 2.18. The van der Waals surface area contributed by atoms with Crippen LogP contribution in [0.4, 0.5) is 5.69 Å². The number of amides is 1. The van der Waals surface area contributed by atoms with Gasteiger partial charge in [-0.2, -0.15) is 5.10 Å². The molecule has 1 amide bonds. The van der Waals surface area contributed by atoms with Crippen molar-refractivity contribution in [1.82, 2.24) is 14.2 Å². The van der Waals surface area contributed by atoms with E-state index in [1.54, 1.807) is 17.3 Å². The Balaban J connectivity index is 2.21. The monoisotopic (exact) mass is 304 g/mol. The standard InChI is InChI=1S/C15H20N4OS/c1-5-14(20)19(8-12-6-17-21-10-12)13-7-16-18(9-13)11-15(2,3)4/h5-7,9-10H,1,8,11H2,2-4H3. The first-order valence-corrected chi connectivity index (χ1v) is 7.57. The highest BCUT2D eigenvalue weighted by Crippen LogP contribution is 2.21. The van der Waals surface area contributed by atoms with Crippen LogP contribution >= 0.6 is 11.5 Å². The van der Waals surface area contributed by atoms with Gasteiger partial charge in [0.25, 0.3) is 5.91 Å². The van der Waals surface area contributed by atoms with Crippen molar-refractivity contribution in [2.45, 2.75) is 33.9 Å². The third-order valence-electron chi connectivity index (χ3n) is 2.83. The molecule has 21 heavy (non-hydrogen) atoms. The largest absolute Gasteiger partial charge is 0.301 e. The Morgan fingerprint density at radius 2 is 2.24 bits per heavy atom. The molecule has 2 rings (SSSR count). The molecule has 0 aliphatic rings. The topological polar surface area (TPSA) is 51.0 Å². The summed E-state index contributed by atoms with van der Waals surface area (Å²) in [6.07, 6.45) is 6.70. The molecule has 0 bridgehead atoms. The number of anilines is 1. The Labute approximate surface area is 129 Å². The van der Waals surface area contributed by atoms with Gasteiger partial charge in [0, 0.05) is 29.9 Å². The van der Waals surface area contributed by atoms with Crippen LogP contribution in [0.1, 0.15) is 26.3 Å². The van der Waals surface area contributed by atoms with Crippen molar-refractivity contribution in [3.63, 3.8) is 0 Å². The van der Waals surface area contributed by atoms with E-state index in [1.165, 1.54) is 17.6 Å². The summed E-state index contributed by atoms with van der Waals surface area (Å²) < 4.78 is 5.93. The molecular formula is C15H20N4OS. The molecule has 0 fully saturated rings. The molecule has 0 aliphatic carbocycles. The second kappa shape index (κ2) is 6.22. The van der Waals surface area contributed by atoms with Crippen molar-refractivity contribution in [2.24, 2.45) is 5.41 Å². The van der Waals surface area contributed by atoms with Gasteiger partial charge in [-0.3, -0.25) is 9.48 Å². The molecule has 0 saturated heterocycles. The molecule has 0 aromatic carbocycles. The van der Waals surface area contributed by atoms with E-state index >= 15 is 0 Å². The van der Waals surface area contributed by atoms with Crippen LogP contribution in [0.2, 0.25) is 0 Å². The summed E-state index contributed by atoms with van der Waals surface area (Å²) in [5.41, 5.74) is 1.91. The van der Waals surface area contributed by atoms with E-state index < -0.39 is 0 Å². The molecule has 0 aliphatic heterocycles. The summed E-state index contributed by atoms with van der Waals surface area (Å²) in [5, 5.41) is 6.28. The van der Waals surface area contributed by atoms with Gasteiger partial charge in [0.05, 0.1) is 18.4 Å². The lowest BCUT2D eigenvalue weighted by Gasteiger charge is -2.19. The molecule has 0 atom stereocenters. The van der Waals surface area contributed by atoms with Gasteiger partial charge in [-0.15, -0.1) is 0 Å². The molecule has 0 spiro atoms. The average Bonchev–Trinajstić information content (AvgIpc) is 3.04. The predicted octanol–water partition coefficient (Wildman–Crippen LogP) is 3.10. The fourth-order valence-corrected chi connectivity index (χ4v) is 2.49. The number of hydrogen-bond donors (Lipinski definition) is 0. The summed E-state index contributed by atoms with van der Waals surface area (Å²) in [6, 6.07) is 0. The maximum Gasteiger partial charge on any atom is 0.250 e. The lowest BCUT2D eigenvalue weighted by atomic mass is 9.97. The van der Waals surface area contributed by atoms with Gasteiger partial charge in [0.2, 0.25) is 0 Å². The summed E-state index contributed by atoms with van der Waals surface area (Å²) in [6.45, 7) is 11.3. The SMILES string of the molecule is C=CC(=O)N(Cc1cnsc1)c1cnn(CC(C)(C)C)c1. The number of nitrogens with zero attached hydrogens (tertiary/aromatic N) is 4. The normalized spacial score (nSPS) is 11.4. The van der Waals surface area contributed by atoms with Gasteiger partial charge in [0.1, 0.15) is 0 Å². The summed E-state index contributed by atoms with van der Waals surface area (Å²) in [7, 11) is 0. The Kier molecular flexibility index (Phi) is 4.57. The predicted molar refractivity (Wildman–Crippen MR) is 85.2 cm³/mol. The minimum absolute atomic E-state index is 0.133. The van der Waals surface area contributed by atoms with Crippen LogP contribution in [0.5, 0.6) is 0 Å². The Bertz CT molecular complexity index is 610. The first kappa shape index (κ1) is 15.4. The number of hydrogen-bond acceptors (Lipinski definition) is 4. The zero-order valence-electron chi connectivity index (χ0n) is 12.6. The van der Waals surface area contributed by atoms with Crippen molar-refractivity contribution in [2.75, 3.05) is 4.90 Å². The van der Waals surface area contributed by atoms with Gasteiger partial charge in [-0.1, -0.05) is 27.4 Å². The van der Waals surface area contributed by atoms with Crippen LogP contribution in [0.25, 0.3) is 0 Å². The summed E-state index contributed by atoms with van der Waals surface area (Å²) in [5.74, 6) is -0.142. The van der Waals surface area contributed by atoms with E-state index in [0.717, 1.165) is 17.8 Å². The fraction of sp³-hybridized carbons (Fsp3) is 0.400. The number of aromatic nitrogens is 3. The van der Waals surface area contributed by atoms with E-state index in [4.69, 9.17) is 0 Å². The molecule has 6 heteroatoms. The van der Waals surface area contributed by atoms with Gasteiger partial charge in [0.15, 0.2) is 0 Å². The molecule has 5 nitrogen and oxygen atoms in total. The molecule has 0 unspecified atom stereocenters. The van der Waals surface area contributed by atoms with Crippen molar-refractivity contribution in [1.29, 1.82) is 0 Å². The molecule has 0 N–H and O–H groups in total. The third-order valence-corrected chi connectivity index (χ3v) is 3.47. The molecule has 0 saturated carbocycles. The zero-order chi connectivity index (χ0) is 15.5. The van der Waals surface area contributed by atoms with Crippen molar-refractivity contribution >= 4 is 23.1 Å². The number of carbonyl (C=O) groups is 1. The Morgan fingerprint density at radius 3 is 2.81 bits per heavy atom. The molecule has 2 aromatic heterocycles. The third kappa shape index (κ3) is 4.26. The smallest absolute Gasteiger partial charge is 0.250 e. The van der Waals surface area contributed by atoms with Crippen LogP contribution in [-0.2, 0) is 17.9 Å². The summed E-state index contributed by atoms with van der Waals surface area (Å²) in [4.78, 5) is 13.7. The Hall–Kier alpha value is -1.95. The maximum absolute atomic E-state index is 12.1. The van der Waals surface area contributed by atoms with E-state index in [9.17, 15) is 4.79 Å². The van der Waals surface area contributed by atoms with E-state index in [1.807, 2.05) is 16.3 Å². The molecule has 2 aromatic rings. The first-order chi connectivity index (χ1) is 9.89. The minimum atomic E-state index is -0.142. The van der Waals surface area contributed by atoms with Gasteiger partial charge in [-0.25, -0.2) is 4.37 Å². The Morgan fingerprint density at radius 1 is 1.48 bits per heavy atom. The highest BCUT2D eigenvalue weighted by atomic mass is 32.1. The van der Waals surface area contributed by atoms with Crippen LogP contribution < -0.4 is 4.90 Å². The van der Waals surface area contributed by atoms with Crippen molar-refractivity contribution in [3.05, 3.63) is 42.2 Å². The van der Waals surface area contributed by atoms with Crippen LogP contribution in [0.3, 0.4) is 0 Å². The zero-order valence-corrected chi connectivity index (χ0v) is 13.4. The number of carbonyl (C=O) groups excluding carboxylic acids is 1. The molecule has 0 radical (unpaired) electrons. The lowest BCUT2D eigenvalue weighted by Crippen LogP contribution is -2.28. The van der Waals surface area contributed by atoms with Crippen molar-refractivity contribution < 1.29 is 4.79 Å². The minimum Gasteiger partial charge on any atom is -0.301 e. The molecular weight excluding hydrogens is 284 g/mol. The van der Waals surface area contributed by atoms with Crippen LogP contribution in [0.15, 0.2) is 36.6 Å². The number of rotatable bonds is 5. The average molecular weight is 304 g/mol. The highest BCUT2D eigenvalue weighted by molar-refractivity contribution is 7.03. The fourth-order valence-electron chi connectivity index (χ4n) is 1.96. The lowest BCUT2D eigenvalue weighted by molar-refractivity contribution is -0.114. The second-order valence-electron chi connectivity index (χ2n) is 6.12. The molecule has 112 valence electrons. The van der Waals surface area contributed by atoms with Gasteiger partial charge >= 0.3 is 0 Å². The summed E-state index contributed by atoms with van der Waals surface area (Å²) >= 11 is 1.37. The maximum atomic E-state index is 12.1. The van der Waals surface area contributed by atoms with Crippen LogP contribution in [-0.4, -0.2) is 20.1 Å². The van der Waals surface area contributed by atoms with E-state index in [-0.39, 0.29) is 11.3 Å². The van der Waals surface area contributed by atoms with E-state index in [2.05, 4.69) is 36.8 Å². The first-order valence-electron chi connectivity index (χ1n) is 6.74. The van der Waals surface area contributed by atoms with Crippen molar-refractivity contribution in [3.8, 4) is 0 Å². The quantitative estimate of drug-likeness (QED) is 0.798. The second-order valence-corrected chi connectivity index (χ2v) is 6.78.